The van der Waals surface area contributed by atoms with Crippen molar-refractivity contribution in [1.82, 2.24) is 15.0 Å². The monoisotopic (exact) mass is 395 g/mol. The van der Waals surface area contributed by atoms with E-state index >= 15 is 0 Å². The van der Waals surface area contributed by atoms with Crippen LogP contribution in [-0.4, -0.2) is 20.7 Å². The molecule has 0 bridgehead atoms. The van der Waals surface area contributed by atoms with Crippen molar-refractivity contribution in [1.29, 1.82) is 0 Å². The molecule has 0 aliphatic heterocycles. The predicted molar refractivity (Wildman–Crippen MR) is 119 cm³/mol. The Morgan fingerprint density at radius 1 is 1.07 bits per heavy atom. The molecule has 4 rings (SSSR count). The highest BCUT2D eigenvalue weighted by Gasteiger charge is 2.24. The molecule has 2 N–H and O–H groups in total. The summed E-state index contributed by atoms with van der Waals surface area (Å²) >= 11 is 0. The van der Waals surface area contributed by atoms with Gasteiger partial charge in [-0.2, -0.15) is 0 Å². The Hall–Kier alpha value is -3.91. The van der Waals surface area contributed by atoms with Crippen LogP contribution in [-0.2, 0) is 6.42 Å². The van der Waals surface area contributed by atoms with E-state index in [0.717, 1.165) is 17.5 Å². The number of carbonyl (C=O) groups excluding carboxylic acids is 1. The number of terminal acetylenes is 1. The van der Waals surface area contributed by atoms with Gasteiger partial charge in [0, 0.05) is 24.0 Å². The molecule has 2 aromatic carbocycles. The van der Waals surface area contributed by atoms with Crippen molar-refractivity contribution in [3.8, 4) is 23.5 Å². The first-order chi connectivity index (χ1) is 14.6. The highest BCUT2D eigenvalue weighted by Crippen LogP contribution is 2.33. The highest BCUT2D eigenvalue weighted by molar-refractivity contribution is 6.16. The zero-order valence-corrected chi connectivity index (χ0v) is 16.7. The van der Waals surface area contributed by atoms with Gasteiger partial charge >= 0.3 is 0 Å². The molecule has 4 aromatic rings. The van der Waals surface area contributed by atoms with E-state index in [1.54, 1.807) is 12.1 Å². The molecular formula is C25H21N3O2. The van der Waals surface area contributed by atoms with Gasteiger partial charge in [0.2, 0.25) is 5.78 Å². The Balaban J connectivity index is 1.96. The first-order valence-corrected chi connectivity index (χ1v) is 9.84. The molecule has 0 aliphatic carbocycles. The minimum atomic E-state index is -0.266. The van der Waals surface area contributed by atoms with Gasteiger partial charge in [0.1, 0.15) is 11.5 Å². The smallest absolute Gasteiger partial charge is 0.261 e. The fourth-order valence-corrected chi connectivity index (χ4v) is 3.65. The van der Waals surface area contributed by atoms with Crippen LogP contribution >= 0.6 is 0 Å². The lowest BCUT2D eigenvalue weighted by atomic mass is 9.95. The van der Waals surface area contributed by atoms with E-state index in [4.69, 9.17) is 6.42 Å². The zero-order chi connectivity index (χ0) is 21.1. The number of hydrogen-bond donors (Lipinski definition) is 2. The standard InChI is InChI=1S/C25H21N3O2/c1-3-4-6-15-19-26-24-21(25(30)27-19)20(18-14-10-9-11-16(18)2)22(28-24)23(29)17-12-7-5-8-13-17/h1,5,7-14H,4,6,15H2,2H3,(H2,26,27,28,30). The molecule has 2 heterocycles. The summed E-state index contributed by atoms with van der Waals surface area (Å²) in [5.41, 5.74) is 3.44. The number of rotatable bonds is 6. The highest BCUT2D eigenvalue weighted by atomic mass is 16.1. The lowest BCUT2D eigenvalue weighted by molar-refractivity contribution is 0.103. The van der Waals surface area contributed by atoms with Crippen LogP contribution in [0.5, 0.6) is 0 Å². The average molecular weight is 395 g/mol. The Labute approximate surface area is 174 Å². The van der Waals surface area contributed by atoms with Gasteiger partial charge in [-0.15, -0.1) is 12.3 Å². The molecular weight excluding hydrogens is 374 g/mol. The van der Waals surface area contributed by atoms with E-state index in [1.165, 1.54) is 0 Å². The number of unbranched alkanes of at least 4 members (excludes halogenated alkanes) is 1. The fourth-order valence-electron chi connectivity index (χ4n) is 3.65. The normalized spacial score (nSPS) is 10.8. The second kappa shape index (κ2) is 8.22. The lowest BCUT2D eigenvalue weighted by Crippen LogP contribution is -2.12. The van der Waals surface area contributed by atoms with Crippen LogP contribution in [0, 0.1) is 19.3 Å². The first kappa shape index (κ1) is 19.4. The second-order valence-corrected chi connectivity index (χ2v) is 7.18. The number of aryl methyl sites for hydroxylation is 2. The Morgan fingerprint density at radius 3 is 2.53 bits per heavy atom. The van der Waals surface area contributed by atoms with Gasteiger partial charge < -0.3 is 9.97 Å². The molecule has 0 unspecified atom stereocenters. The van der Waals surface area contributed by atoms with Gasteiger partial charge in [-0.1, -0.05) is 54.6 Å². The van der Waals surface area contributed by atoms with Crippen LogP contribution in [0.15, 0.2) is 59.4 Å². The number of nitrogens with zero attached hydrogens (tertiary/aromatic N) is 1. The van der Waals surface area contributed by atoms with Crippen LogP contribution in [0.4, 0.5) is 0 Å². The number of carbonyl (C=O) groups is 1. The third-order valence-electron chi connectivity index (χ3n) is 5.12. The third-order valence-corrected chi connectivity index (χ3v) is 5.12. The molecule has 5 nitrogen and oxygen atoms in total. The van der Waals surface area contributed by atoms with Crippen LogP contribution in [0.25, 0.3) is 22.2 Å². The van der Waals surface area contributed by atoms with Gasteiger partial charge in [-0.3, -0.25) is 9.59 Å². The number of fused-ring (bicyclic) bond motifs is 1. The molecule has 5 heteroatoms. The van der Waals surface area contributed by atoms with Crippen LogP contribution < -0.4 is 5.56 Å². The summed E-state index contributed by atoms with van der Waals surface area (Å²) in [5.74, 6) is 2.97. The molecule has 0 radical (unpaired) electrons. The Bertz CT molecular complexity index is 1320. The largest absolute Gasteiger partial charge is 0.336 e. The van der Waals surface area contributed by atoms with Crippen molar-refractivity contribution in [3.63, 3.8) is 0 Å². The van der Waals surface area contributed by atoms with Gasteiger partial charge in [0.25, 0.3) is 5.56 Å². The zero-order valence-electron chi connectivity index (χ0n) is 16.7. The number of benzene rings is 2. The first-order valence-electron chi connectivity index (χ1n) is 9.84. The van der Waals surface area contributed by atoms with E-state index in [-0.39, 0.29) is 11.3 Å². The molecule has 0 aliphatic rings. The minimum absolute atomic E-state index is 0.180. The number of hydrogen-bond acceptors (Lipinski definition) is 3. The van der Waals surface area contributed by atoms with E-state index in [0.29, 0.717) is 46.5 Å². The van der Waals surface area contributed by atoms with E-state index in [9.17, 15) is 9.59 Å². The Kier molecular flexibility index (Phi) is 5.32. The maximum Gasteiger partial charge on any atom is 0.261 e. The summed E-state index contributed by atoms with van der Waals surface area (Å²) in [7, 11) is 0. The van der Waals surface area contributed by atoms with E-state index in [2.05, 4.69) is 20.9 Å². The number of ketones is 1. The molecule has 0 fully saturated rings. The molecule has 30 heavy (non-hydrogen) atoms. The number of aromatic nitrogens is 3. The summed E-state index contributed by atoms with van der Waals surface area (Å²) in [6.45, 7) is 1.96. The summed E-state index contributed by atoms with van der Waals surface area (Å²) in [4.78, 5) is 37.0. The van der Waals surface area contributed by atoms with Gasteiger partial charge in [-0.25, -0.2) is 4.98 Å². The third kappa shape index (κ3) is 3.56. The van der Waals surface area contributed by atoms with Gasteiger partial charge in [0.15, 0.2) is 0 Å². The Morgan fingerprint density at radius 2 is 1.80 bits per heavy atom. The summed E-state index contributed by atoms with van der Waals surface area (Å²) in [6, 6.07) is 16.7. The van der Waals surface area contributed by atoms with Crippen molar-refractivity contribution in [2.45, 2.75) is 26.2 Å². The number of nitrogens with one attached hydrogen (secondary N) is 2. The van der Waals surface area contributed by atoms with Crippen LogP contribution in [0.1, 0.15) is 40.3 Å². The minimum Gasteiger partial charge on any atom is -0.336 e. The summed E-state index contributed by atoms with van der Waals surface area (Å²) in [5, 5.41) is 0.393. The van der Waals surface area contributed by atoms with Gasteiger partial charge in [0.05, 0.1) is 11.1 Å². The molecule has 148 valence electrons. The summed E-state index contributed by atoms with van der Waals surface area (Å²) < 4.78 is 0. The fraction of sp³-hybridized carbons (Fsp3) is 0.160. The lowest BCUT2D eigenvalue weighted by Gasteiger charge is -2.08. The molecule has 0 saturated heterocycles. The second-order valence-electron chi connectivity index (χ2n) is 7.18. The van der Waals surface area contributed by atoms with Gasteiger partial charge in [-0.05, 0) is 24.5 Å². The summed E-state index contributed by atoms with van der Waals surface area (Å²) in [6.07, 6.45) is 7.22. The van der Waals surface area contributed by atoms with Crippen molar-refractivity contribution < 1.29 is 4.79 Å². The quantitative estimate of drug-likeness (QED) is 0.288. The molecule has 2 aromatic heterocycles. The maximum atomic E-state index is 13.3. The van der Waals surface area contributed by atoms with E-state index < -0.39 is 0 Å². The molecule has 0 saturated carbocycles. The molecule has 0 spiro atoms. The maximum absolute atomic E-state index is 13.3. The van der Waals surface area contributed by atoms with Crippen molar-refractivity contribution in [3.05, 3.63) is 87.6 Å². The predicted octanol–water partition coefficient (Wildman–Crippen LogP) is 4.41. The SMILES string of the molecule is C#CCCCc1nc2[nH]c(C(=O)c3ccccc3)c(-c3ccccc3C)c2c(=O)[nH]1. The van der Waals surface area contributed by atoms with Crippen LogP contribution in [0.2, 0.25) is 0 Å². The average Bonchev–Trinajstić information content (AvgIpc) is 3.14. The van der Waals surface area contributed by atoms with Crippen molar-refractivity contribution in [2.75, 3.05) is 0 Å². The topological polar surface area (TPSA) is 78.6 Å². The van der Waals surface area contributed by atoms with Crippen molar-refractivity contribution in [2.24, 2.45) is 0 Å². The number of H-pyrrole nitrogens is 2. The van der Waals surface area contributed by atoms with Crippen molar-refractivity contribution >= 4 is 16.8 Å². The molecule has 0 atom stereocenters. The van der Waals surface area contributed by atoms with Crippen LogP contribution in [0.3, 0.4) is 0 Å². The molecule has 0 amide bonds. The number of aromatic amines is 2. The van der Waals surface area contributed by atoms with E-state index in [1.807, 2.05) is 49.4 Å².